The Morgan fingerprint density at radius 2 is 2.19 bits per heavy atom. The molecular weight excluding hydrogens is 340 g/mol. The molecule has 3 rings (SSSR count). The maximum absolute atomic E-state index is 12.2. The van der Waals surface area contributed by atoms with E-state index in [1.165, 1.54) is 13.4 Å². The number of aromatic nitrogens is 2. The lowest BCUT2D eigenvalue weighted by Crippen LogP contribution is -2.50. The van der Waals surface area contributed by atoms with Gasteiger partial charge in [-0.1, -0.05) is 12.1 Å². The molecule has 1 atom stereocenters. The number of nitrogens with one attached hydrogen (secondary N) is 1. The Labute approximate surface area is 150 Å². The first-order chi connectivity index (χ1) is 12.7. The van der Waals surface area contributed by atoms with E-state index in [4.69, 9.17) is 9.47 Å². The number of carbonyl (C=O) groups is 2. The number of benzene rings is 1. The van der Waals surface area contributed by atoms with Crippen LogP contribution in [0.3, 0.4) is 0 Å². The standard InChI is InChI=1S/C17H20N4O5/c1-24-17(23)18-8-15(22)21-6-7-25-12(9-21)10-26-16-13-4-2-3-5-14(13)19-11-20-16/h2-5,11-12H,6-10H2,1H3,(H,18,23). The Bertz CT molecular complexity index is 779. The number of ether oxygens (including phenoxy) is 3. The lowest BCUT2D eigenvalue weighted by Gasteiger charge is -2.32. The number of rotatable bonds is 5. The number of hydrogen-bond donors (Lipinski definition) is 1. The van der Waals surface area contributed by atoms with Crippen LogP contribution in [0.4, 0.5) is 4.79 Å². The topological polar surface area (TPSA) is 103 Å². The smallest absolute Gasteiger partial charge is 0.407 e. The molecule has 1 aromatic heterocycles. The van der Waals surface area contributed by atoms with Gasteiger partial charge in [0.05, 0.1) is 31.2 Å². The maximum Gasteiger partial charge on any atom is 0.407 e. The van der Waals surface area contributed by atoms with E-state index in [1.807, 2.05) is 24.3 Å². The monoisotopic (exact) mass is 360 g/mol. The third-order valence-corrected chi connectivity index (χ3v) is 3.97. The zero-order valence-electron chi connectivity index (χ0n) is 14.4. The van der Waals surface area contributed by atoms with E-state index in [9.17, 15) is 9.59 Å². The SMILES string of the molecule is COC(=O)NCC(=O)N1CCOC(COc2ncnc3ccccc23)C1. The number of morpholine rings is 1. The van der Waals surface area contributed by atoms with Crippen LogP contribution in [0.25, 0.3) is 10.9 Å². The second kappa shape index (κ2) is 8.43. The molecule has 0 spiro atoms. The van der Waals surface area contributed by atoms with Gasteiger partial charge >= 0.3 is 6.09 Å². The summed E-state index contributed by atoms with van der Waals surface area (Å²) in [6, 6.07) is 7.57. The summed E-state index contributed by atoms with van der Waals surface area (Å²) in [4.78, 5) is 33.2. The number of amides is 2. The van der Waals surface area contributed by atoms with E-state index in [0.717, 1.165) is 10.9 Å². The molecule has 0 saturated carbocycles. The Kier molecular flexibility index (Phi) is 5.80. The zero-order valence-corrected chi connectivity index (χ0v) is 14.4. The van der Waals surface area contributed by atoms with Gasteiger partial charge in [-0.25, -0.2) is 14.8 Å². The number of carbonyl (C=O) groups excluding carboxylic acids is 2. The van der Waals surface area contributed by atoms with Gasteiger partial charge in [0.15, 0.2) is 0 Å². The van der Waals surface area contributed by atoms with Crippen molar-refractivity contribution in [1.82, 2.24) is 20.2 Å². The van der Waals surface area contributed by atoms with Gasteiger partial charge in [-0.05, 0) is 12.1 Å². The van der Waals surface area contributed by atoms with Crippen molar-refractivity contribution in [1.29, 1.82) is 0 Å². The molecule has 2 amide bonds. The molecule has 1 aliphatic heterocycles. The van der Waals surface area contributed by atoms with Crippen LogP contribution >= 0.6 is 0 Å². The van der Waals surface area contributed by atoms with Gasteiger partial charge in [0.1, 0.15) is 25.6 Å². The summed E-state index contributed by atoms with van der Waals surface area (Å²) in [5.74, 6) is 0.284. The summed E-state index contributed by atoms with van der Waals surface area (Å²) < 4.78 is 15.9. The normalized spacial score (nSPS) is 17.0. The van der Waals surface area contributed by atoms with Gasteiger partial charge in [-0.15, -0.1) is 0 Å². The van der Waals surface area contributed by atoms with Crippen molar-refractivity contribution >= 4 is 22.9 Å². The molecule has 9 heteroatoms. The summed E-state index contributed by atoms with van der Waals surface area (Å²) in [5.41, 5.74) is 0.799. The molecule has 0 radical (unpaired) electrons. The largest absolute Gasteiger partial charge is 0.474 e. The minimum absolute atomic E-state index is 0.114. The fraction of sp³-hybridized carbons (Fsp3) is 0.412. The third-order valence-electron chi connectivity index (χ3n) is 3.97. The number of hydrogen-bond acceptors (Lipinski definition) is 7. The average molecular weight is 360 g/mol. The quantitative estimate of drug-likeness (QED) is 0.832. The molecule has 9 nitrogen and oxygen atoms in total. The van der Waals surface area contributed by atoms with Gasteiger partial charge in [0.2, 0.25) is 11.8 Å². The Morgan fingerprint density at radius 1 is 1.35 bits per heavy atom. The van der Waals surface area contributed by atoms with Gasteiger partial charge < -0.3 is 24.4 Å². The molecule has 1 aliphatic rings. The molecule has 1 unspecified atom stereocenters. The summed E-state index contributed by atoms with van der Waals surface area (Å²) in [7, 11) is 1.25. The van der Waals surface area contributed by atoms with Gasteiger partial charge in [-0.2, -0.15) is 0 Å². The van der Waals surface area contributed by atoms with Crippen molar-refractivity contribution in [3.63, 3.8) is 0 Å². The van der Waals surface area contributed by atoms with Gasteiger partial charge in [0, 0.05) is 6.54 Å². The Hall–Kier alpha value is -2.94. The average Bonchev–Trinajstić information content (AvgIpc) is 2.70. The summed E-state index contributed by atoms with van der Waals surface area (Å²) in [6.45, 7) is 1.40. The van der Waals surface area contributed by atoms with E-state index < -0.39 is 6.09 Å². The van der Waals surface area contributed by atoms with Gasteiger partial charge in [0.25, 0.3) is 0 Å². The van der Waals surface area contributed by atoms with Crippen LogP contribution in [0.15, 0.2) is 30.6 Å². The first-order valence-electron chi connectivity index (χ1n) is 8.21. The lowest BCUT2D eigenvalue weighted by molar-refractivity contribution is -0.138. The molecule has 1 saturated heterocycles. The highest BCUT2D eigenvalue weighted by molar-refractivity contribution is 5.83. The highest BCUT2D eigenvalue weighted by Gasteiger charge is 2.25. The van der Waals surface area contributed by atoms with E-state index in [0.29, 0.717) is 25.6 Å². The summed E-state index contributed by atoms with van der Waals surface area (Å²) >= 11 is 0. The number of nitrogens with zero attached hydrogens (tertiary/aromatic N) is 3. The van der Waals surface area contributed by atoms with Crippen molar-refractivity contribution in [3.05, 3.63) is 30.6 Å². The molecule has 1 fully saturated rings. The van der Waals surface area contributed by atoms with E-state index >= 15 is 0 Å². The minimum atomic E-state index is -0.637. The third kappa shape index (κ3) is 4.37. The Morgan fingerprint density at radius 3 is 3.04 bits per heavy atom. The molecular formula is C17H20N4O5. The van der Waals surface area contributed by atoms with Crippen molar-refractivity contribution < 1.29 is 23.8 Å². The van der Waals surface area contributed by atoms with Crippen LogP contribution in [-0.4, -0.2) is 72.9 Å². The number of fused-ring (bicyclic) bond motifs is 1. The number of alkyl carbamates (subject to hydrolysis) is 1. The first kappa shape index (κ1) is 17.9. The fourth-order valence-electron chi connectivity index (χ4n) is 2.65. The summed E-state index contributed by atoms with van der Waals surface area (Å²) in [5, 5.41) is 3.20. The lowest BCUT2D eigenvalue weighted by atomic mass is 10.2. The van der Waals surface area contributed by atoms with E-state index in [2.05, 4.69) is 20.0 Å². The number of methoxy groups -OCH3 is 1. The highest BCUT2D eigenvalue weighted by Crippen LogP contribution is 2.21. The van der Waals surface area contributed by atoms with Gasteiger partial charge in [-0.3, -0.25) is 4.79 Å². The second-order valence-electron chi connectivity index (χ2n) is 5.68. The highest BCUT2D eigenvalue weighted by atomic mass is 16.5. The summed E-state index contributed by atoms with van der Waals surface area (Å²) in [6.07, 6.45) is 0.537. The number of para-hydroxylation sites is 1. The van der Waals surface area contributed by atoms with E-state index in [1.54, 1.807) is 4.90 Å². The van der Waals surface area contributed by atoms with Crippen molar-refractivity contribution in [2.45, 2.75) is 6.10 Å². The van der Waals surface area contributed by atoms with E-state index in [-0.39, 0.29) is 25.2 Å². The molecule has 0 bridgehead atoms. The first-order valence-corrected chi connectivity index (χ1v) is 8.21. The van der Waals surface area contributed by atoms with Crippen molar-refractivity contribution in [3.8, 4) is 5.88 Å². The van der Waals surface area contributed by atoms with Crippen LogP contribution in [-0.2, 0) is 14.3 Å². The molecule has 1 N–H and O–H groups in total. The molecule has 1 aromatic carbocycles. The molecule has 2 heterocycles. The molecule has 26 heavy (non-hydrogen) atoms. The van der Waals surface area contributed by atoms with Crippen LogP contribution in [0.1, 0.15) is 0 Å². The van der Waals surface area contributed by atoms with Crippen LogP contribution in [0.2, 0.25) is 0 Å². The van der Waals surface area contributed by atoms with Crippen LogP contribution in [0, 0.1) is 0 Å². The van der Waals surface area contributed by atoms with Crippen LogP contribution < -0.4 is 10.1 Å². The molecule has 2 aromatic rings. The fourth-order valence-corrected chi connectivity index (χ4v) is 2.65. The zero-order chi connectivity index (χ0) is 18.4. The van der Waals surface area contributed by atoms with Crippen molar-refractivity contribution in [2.24, 2.45) is 0 Å². The molecule has 0 aliphatic carbocycles. The Balaban J connectivity index is 1.55. The predicted molar refractivity (Wildman–Crippen MR) is 91.8 cm³/mol. The molecule has 138 valence electrons. The predicted octanol–water partition coefficient (Wildman–Crippen LogP) is 0.592. The van der Waals surface area contributed by atoms with Crippen LogP contribution in [0.5, 0.6) is 5.88 Å². The van der Waals surface area contributed by atoms with Crippen molar-refractivity contribution in [2.75, 3.05) is 40.0 Å². The minimum Gasteiger partial charge on any atom is -0.474 e. The second-order valence-corrected chi connectivity index (χ2v) is 5.68. The maximum atomic E-state index is 12.2.